The molecule has 1 heterocycles. The number of nitrogens with two attached hydrogens (primary N) is 1. The van der Waals surface area contributed by atoms with Gasteiger partial charge in [0.25, 0.3) is 5.91 Å². The first-order valence-corrected chi connectivity index (χ1v) is 7.80. The van der Waals surface area contributed by atoms with Gasteiger partial charge in [-0.15, -0.1) is 11.3 Å². The molecule has 3 N–H and O–H groups in total. The second-order valence-electron chi connectivity index (χ2n) is 5.70. The Bertz CT molecular complexity index is 439. The number of nitrogens with one attached hydrogen (secondary N) is 1. The van der Waals surface area contributed by atoms with Crippen LogP contribution in [0.2, 0.25) is 0 Å². The number of amides is 1. The van der Waals surface area contributed by atoms with Gasteiger partial charge in [-0.2, -0.15) is 0 Å². The molecule has 0 radical (unpaired) electrons. The van der Waals surface area contributed by atoms with E-state index in [9.17, 15) is 4.79 Å². The van der Waals surface area contributed by atoms with Crippen LogP contribution in [-0.2, 0) is 6.54 Å². The molecule has 0 bridgehead atoms. The van der Waals surface area contributed by atoms with Crippen LogP contribution in [0.5, 0.6) is 0 Å². The smallest absolute Gasteiger partial charge is 0.294 e. The van der Waals surface area contributed by atoms with Crippen LogP contribution in [0.25, 0.3) is 0 Å². The van der Waals surface area contributed by atoms with Crippen molar-refractivity contribution >= 4 is 17.2 Å². The Labute approximate surface area is 117 Å². The molecule has 2 aliphatic rings. The summed E-state index contributed by atoms with van der Waals surface area (Å²) in [6.07, 6.45) is 5.50. The summed E-state index contributed by atoms with van der Waals surface area (Å²) >= 11 is 1.36. The first-order chi connectivity index (χ1) is 9.24. The topological polar surface area (TPSA) is 71.2 Å². The summed E-state index contributed by atoms with van der Waals surface area (Å²) in [6, 6.07) is 0. The van der Waals surface area contributed by atoms with Crippen molar-refractivity contribution in [2.45, 2.75) is 32.2 Å². The minimum absolute atomic E-state index is 0.299. The molecular formula is C13H20N4OS. The zero-order valence-corrected chi connectivity index (χ0v) is 11.8. The molecule has 2 aliphatic carbocycles. The van der Waals surface area contributed by atoms with E-state index in [1.807, 2.05) is 5.38 Å². The standard InChI is InChI=1S/C13H20N4OS/c14-16-12(18)13-15-11(8-19-13)7-17(5-9-1-2-9)6-10-3-4-10/h8-10H,1-7,14H2,(H,16,18). The van der Waals surface area contributed by atoms with Gasteiger partial charge in [-0.05, 0) is 37.5 Å². The van der Waals surface area contributed by atoms with E-state index in [4.69, 9.17) is 5.84 Å². The van der Waals surface area contributed by atoms with E-state index >= 15 is 0 Å². The number of rotatable bonds is 7. The number of carbonyl (C=O) groups is 1. The van der Waals surface area contributed by atoms with Crippen LogP contribution in [0.4, 0.5) is 0 Å². The molecule has 6 heteroatoms. The second-order valence-corrected chi connectivity index (χ2v) is 6.56. The van der Waals surface area contributed by atoms with Gasteiger partial charge in [0, 0.05) is 25.0 Å². The van der Waals surface area contributed by atoms with E-state index in [1.165, 1.54) is 50.1 Å². The van der Waals surface area contributed by atoms with Crippen LogP contribution in [0, 0.1) is 11.8 Å². The van der Waals surface area contributed by atoms with E-state index in [-0.39, 0.29) is 5.91 Å². The summed E-state index contributed by atoms with van der Waals surface area (Å²) in [5.41, 5.74) is 3.12. The number of nitrogens with zero attached hydrogens (tertiary/aromatic N) is 2. The van der Waals surface area contributed by atoms with Crippen LogP contribution < -0.4 is 11.3 Å². The van der Waals surface area contributed by atoms with Crippen molar-refractivity contribution in [3.05, 3.63) is 16.1 Å². The van der Waals surface area contributed by atoms with Crippen LogP contribution in [0.15, 0.2) is 5.38 Å². The third-order valence-corrected chi connectivity index (χ3v) is 4.58. The molecule has 3 rings (SSSR count). The number of carbonyl (C=O) groups excluding carboxylic acids is 1. The molecule has 1 amide bonds. The van der Waals surface area contributed by atoms with Gasteiger partial charge in [-0.1, -0.05) is 0 Å². The van der Waals surface area contributed by atoms with E-state index in [2.05, 4.69) is 15.3 Å². The molecule has 0 unspecified atom stereocenters. The lowest BCUT2D eigenvalue weighted by Gasteiger charge is -2.20. The van der Waals surface area contributed by atoms with Crippen molar-refractivity contribution in [3.63, 3.8) is 0 Å². The SMILES string of the molecule is NNC(=O)c1nc(CN(CC2CC2)CC2CC2)cs1. The number of thiazole rings is 1. The first kappa shape index (κ1) is 13.0. The lowest BCUT2D eigenvalue weighted by molar-refractivity contribution is 0.0953. The summed E-state index contributed by atoms with van der Waals surface area (Å²) in [6.45, 7) is 3.24. The quantitative estimate of drug-likeness (QED) is 0.449. The zero-order valence-electron chi connectivity index (χ0n) is 11.0. The molecule has 0 aliphatic heterocycles. The van der Waals surface area contributed by atoms with E-state index in [0.29, 0.717) is 5.01 Å². The highest BCUT2D eigenvalue weighted by molar-refractivity contribution is 7.11. The average Bonchev–Trinajstić information content (AvgIpc) is 3.32. The number of aromatic nitrogens is 1. The number of nitrogen functional groups attached to an aromatic ring is 1. The predicted octanol–water partition coefficient (Wildman–Crippen LogP) is 1.37. The van der Waals surface area contributed by atoms with Crippen LogP contribution in [0.1, 0.15) is 41.2 Å². The van der Waals surface area contributed by atoms with Gasteiger partial charge < -0.3 is 0 Å². The Hall–Kier alpha value is -0.980. The molecule has 19 heavy (non-hydrogen) atoms. The Morgan fingerprint density at radius 3 is 2.53 bits per heavy atom. The van der Waals surface area contributed by atoms with Gasteiger partial charge in [0.15, 0.2) is 5.01 Å². The monoisotopic (exact) mass is 280 g/mol. The maximum Gasteiger partial charge on any atom is 0.294 e. The third-order valence-electron chi connectivity index (χ3n) is 3.69. The molecule has 5 nitrogen and oxygen atoms in total. The molecule has 2 saturated carbocycles. The molecular weight excluding hydrogens is 260 g/mol. The highest BCUT2D eigenvalue weighted by Gasteiger charge is 2.29. The minimum Gasteiger partial charge on any atom is -0.297 e. The number of hydrazine groups is 1. The average molecular weight is 280 g/mol. The van der Waals surface area contributed by atoms with Crippen LogP contribution >= 0.6 is 11.3 Å². The van der Waals surface area contributed by atoms with Crippen molar-refractivity contribution in [2.75, 3.05) is 13.1 Å². The molecule has 0 atom stereocenters. The Balaban J connectivity index is 1.59. The summed E-state index contributed by atoms with van der Waals surface area (Å²) in [5, 5.41) is 2.42. The van der Waals surface area contributed by atoms with Crippen molar-refractivity contribution in [1.82, 2.24) is 15.3 Å². The molecule has 104 valence electrons. The molecule has 2 fully saturated rings. The Morgan fingerprint density at radius 1 is 1.37 bits per heavy atom. The first-order valence-electron chi connectivity index (χ1n) is 6.92. The fourth-order valence-electron chi connectivity index (χ4n) is 2.31. The third kappa shape index (κ3) is 3.75. The van der Waals surface area contributed by atoms with Gasteiger partial charge in [0.1, 0.15) is 0 Å². The van der Waals surface area contributed by atoms with Gasteiger partial charge >= 0.3 is 0 Å². The van der Waals surface area contributed by atoms with Gasteiger partial charge in [0.2, 0.25) is 0 Å². The normalized spacial score (nSPS) is 18.8. The minimum atomic E-state index is -0.299. The highest BCUT2D eigenvalue weighted by Crippen LogP contribution is 2.34. The highest BCUT2D eigenvalue weighted by atomic mass is 32.1. The summed E-state index contributed by atoms with van der Waals surface area (Å²) in [5.74, 6) is 6.61. The maximum absolute atomic E-state index is 11.4. The molecule has 0 saturated heterocycles. The predicted molar refractivity (Wildman–Crippen MR) is 74.5 cm³/mol. The molecule has 0 aromatic carbocycles. The summed E-state index contributed by atoms with van der Waals surface area (Å²) < 4.78 is 0. The van der Waals surface area contributed by atoms with Crippen molar-refractivity contribution in [3.8, 4) is 0 Å². The van der Waals surface area contributed by atoms with Crippen molar-refractivity contribution in [1.29, 1.82) is 0 Å². The zero-order chi connectivity index (χ0) is 13.2. The van der Waals surface area contributed by atoms with Crippen LogP contribution in [0.3, 0.4) is 0 Å². The van der Waals surface area contributed by atoms with Crippen molar-refractivity contribution < 1.29 is 4.79 Å². The van der Waals surface area contributed by atoms with Gasteiger partial charge in [-0.3, -0.25) is 15.1 Å². The molecule has 1 aromatic heterocycles. The fraction of sp³-hybridized carbons (Fsp3) is 0.692. The number of hydrogen-bond acceptors (Lipinski definition) is 5. The summed E-state index contributed by atoms with van der Waals surface area (Å²) in [4.78, 5) is 18.3. The largest absolute Gasteiger partial charge is 0.297 e. The number of hydrogen-bond donors (Lipinski definition) is 2. The Kier molecular flexibility index (Phi) is 3.81. The van der Waals surface area contributed by atoms with E-state index < -0.39 is 0 Å². The lowest BCUT2D eigenvalue weighted by atomic mass is 10.3. The van der Waals surface area contributed by atoms with E-state index in [1.54, 1.807) is 0 Å². The van der Waals surface area contributed by atoms with Gasteiger partial charge in [0.05, 0.1) is 5.69 Å². The second kappa shape index (κ2) is 5.56. The molecule has 1 aromatic rings. The molecule has 0 spiro atoms. The van der Waals surface area contributed by atoms with Crippen molar-refractivity contribution in [2.24, 2.45) is 17.7 Å². The maximum atomic E-state index is 11.4. The Morgan fingerprint density at radius 2 is 2.00 bits per heavy atom. The summed E-state index contributed by atoms with van der Waals surface area (Å²) in [7, 11) is 0. The van der Waals surface area contributed by atoms with Crippen LogP contribution in [-0.4, -0.2) is 28.9 Å². The fourth-order valence-corrected chi connectivity index (χ4v) is 3.02. The lowest BCUT2D eigenvalue weighted by Crippen LogP contribution is -2.30. The van der Waals surface area contributed by atoms with E-state index in [0.717, 1.165) is 24.1 Å². The van der Waals surface area contributed by atoms with Gasteiger partial charge in [-0.25, -0.2) is 10.8 Å².